The number of benzene rings is 1. The molecule has 1 aromatic carbocycles. The van der Waals surface area contributed by atoms with Gasteiger partial charge in [-0.05, 0) is 12.1 Å². The molecule has 0 radical (unpaired) electrons. The second kappa shape index (κ2) is 6.50. The van der Waals surface area contributed by atoms with Crippen LogP contribution >= 0.6 is 0 Å². The van der Waals surface area contributed by atoms with E-state index in [0.29, 0.717) is 5.82 Å². The average Bonchev–Trinajstić information content (AvgIpc) is 3.15. The predicted molar refractivity (Wildman–Crippen MR) is 85.2 cm³/mol. The molecule has 2 atom stereocenters. The summed E-state index contributed by atoms with van der Waals surface area (Å²) in [6.45, 7) is -1.13. The summed E-state index contributed by atoms with van der Waals surface area (Å²) in [5.74, 6) is -4.74. The minimum atomic E-state index is -4.67. The van der Waals surface area contributed by atoms with Gasteiger partial charge >= 0.3 is 18.2 Å². The van der Waals surface area contributed by atoms with Crippen LogP contribution < -0.4 is 5.32 Å². The topological polar surface area (TPSA) is 87.5 Å². The molecule has 0 bridgehead atoms. The lowest BCUT2D eigenvalue weighted by Crippen LogP contribution is -2.39. The van der Waals surface area contributed by atoms with E-state index in [-0.39, 0.29) is 6.54 Å². The van der Waals surface area contributed by atoms with E-state index in [1.165, 1.54) is 0 Å². The maximum absolute atomic E-state index is 13.0. The van der Waals surface area contributed by atoms with Gasteiger partial charge in [0.05, 0.1) is 29.4 Å². The van der Waals surface area contributed by atoms with Crippen molar-refractivity contribution in [3.8, 4) is 0 Å². The molecule has 1 fully saturated rings. The molecule has 1 saturated heterocycles. The van der Waals surface area contributed by atoms with Gasteiger partial charge in [0.2, 0.25) is 0 Å². The maximum atomic E-state index is 13.0. The fraction of sp³-hybridized carbons (Fsp3) is 0.438. The summed E-state index contributed by atoms with van der Waals surface area (Å²) in [7, 11) is 1.77. The van der Waals surface area contributed by atoms with Crippen molar-refractivity contribution in [2.75, 3.05) is 13.1 Å². The van der Waals surface area contributed by atoms with Gasteiger partial charge in [-0.2, -0.15) is 13.2 Å². The van der Waals surface area contributed by atoms with Crippen molar-refractivity contribution < 1.29 is 27.9 Å². The first kappa shape index (κ1) is 18.0. The standard InChI is InChI=1S/C16H17F3N4O3/c1-22-12-5-3-2-4-11(12)21-13(22)6-20-15(26)23-7-9(14(24)25)10(8-23)16(17,18)19/h2-5,9-10H,6-8H2,1H3,(H,20,26)(H,24,25)/t9-,10-/m1/s1. The summed E-state index contributed by atoms with van der Waals surface area (Å²) in [6, 6.07) is 6.60. The summed E-state index contributed by atoms with van der Waals surface area (Å²) in [5.41, 5.74) is 1.60. The van der Waals surface area contributed by atoms with Crippen molar-refractivity contribution in [2.45, 2.75) is 12.7 Å². The number of amides is 2. The molecule has 0 saturated carbocycles. The number of nitrogens with one attached hydrogen (secondary N) is 1. The molecule has 2 amide bonds. The first-order valence-electron chi connectivity index (χ1n) is 7.91. The molecule has 3 rings (SSSR count). The zero-order valence-corrected chi connectivity index (χ0v) is 13.8. The number of rotatable bonds is 3. The number of halogens is 3. The second-order valence-corrected chi connectivity index (χ2v) is 6.23. The number of aryl methyl sites for hydroxylation is 1. The minimum Gasteiger partial charge on any atom is -0.481 e. The van der Waals surface area contributed by atoms with Gasteiger partial charge in [-0.3, -0.25) is 4.79 Å². The van der Waals surface area contributed by atoms with Crippen molar-refractivity contribution in [1.82, 2.24) is 19.8 Å². The molecule has 0 unspecified atom stereocenters. The highest BCUT2D eigenvalue weighted by Crippen LogP contribution is 2.37. The van der Waals surface area contributed by atoms with Crippen molar-refractivity contribution in [1.29, 1.82) is 0 Å². The highest BCUT2D eigenvalue weighted by molar-refractivity contribution is 5.78. The molecule has 2 aromatic rings. The van der Waals surface area contributed by atoms with Crippen LogP contribution in [0.2, 0.25) is 0 Å². The van der Waals surface area contributed by atoms with E-state index in [1.54, 1.807) is 11.6 Å². The van der Waals surface area contributed by atoms with E-state index in [1.807, 2.05) is 24.3 Å². The number of aromatic nitrogens is 2. The smallest absolute Gasteiger partial charge is 0.394 e. The minimum absolute atomic E-state index is 0.0228. The lowest BCUT2D eigenvalue weighted by molar-refractivity contribution is -0.187. The third-order valence-corrected chi connectivity index (χ3v) is 4.62. The number of hydrogen-bond donors (Lipinski definition) is 2. The zero-order chi connectivity index (χ0) is 19.1. The molecule has 1 aromatic heterocycles. The van der Waals surface area contributed by atoms with Crippen LogP contribution in [0.1, 0.15) is 5.82 Å². The number of urea groups is 1. The number of carboxylic acids is 1. The van der Waals surface area contributed by atoms with Crippen LogP contribution in [0.3, 0.4) is 0 Å². The lowest BCUT2D eigenvalue weighted by Gasteiger charge is -2.18. The van der Waals surface area contributed by atoms with Gasteiger partial charge in [0.25, 0.3) is 0 Å². The highest BCUT2D eigenvalue weighted by atomic mass is 19.4. The molecule has 2 N–H and O–H groups in total. The number of nitrogens with zero attached hydrogens (tertiary/aromatic N) is 3. The van der Waals surface area contributed by atoms with Crippen LogP contribution in [-0.2, 0) is 18.4 Å². The Morgan fingerprint density at radius 3 is 2.58 bits per heavy atom. The van der Waals surface area contributed by atoms with Gasteiger partial charge < -0.3 is 19.9 Å². The fourth-order valence-corrected chi connectivity index (χ4v) is 3.17. The van der Waals surface area contributed by atoms with Crippen LogP contribution in [0.5, 0.6) is 0 Å². The largest absolute Gasteiger partial charge is 0.481 e. The highest BCUT2D eigenvalue weighted by Gasteiger charge is 2.53. The number of imidazole rings is 1. The Kier molecular flexibility index (Phi) is 4.51. The number of likely N-dealkylation sites (tertiary alicyclic amines) is 1. The van der Waals surface area contributed by atoms with E-state index in [2.05, 4.69) is 10.3 Å². The SMILES string of the molecule is Cn1c(CNC(=O)N2C[C@@H](C(F)(F)F)[C@H](C(=O)O)C2)nc2ccccc21. The number of carbonyl (C=O) groups is 2. The summed E-state index contributed by atoms with van der Waals surface area (Å²) >= 11 is 0. The van der Waals surface area contributed by atoms with Gasteiger partial charge in [0.15, 0.2) is 0 Å². The molecule has 26 heavy (non-hydrogen) atoms. The number of aliphatic carboxylic acids is 1. The summed E-state index contributed by atoms with van der Waals surface area (Å²) < 4.78 is 40.8. The number of carboxylic acid groups (broad SMARTS) is 1. The Hall–Kier alpha value is -2.78. The number of para-hydroxylation sites is 2. The van der Waals surface area contributed by atoms with Gasteiger partial charge in [-0.15, -0.1) is 0 Å². The lowest BCUT2D eigenvalue weighted by atomic mass is 9.96. The summed E-state index contributed by atoms with van der Waals surface area (Å²) in [6.07, 6.45) is -4.67. The van der Waals surface area contributed by atoms with E-state index < -0.39 is 43.1 Å². The van der Waals surface area contributed by atoms with Crippen LogP contribution in [0.4, 0.5) is 18.0 Å². The van der Waals surface area contributed by atoms with Crippen LogP contribution in [-0.4, -0.2) is 50.8 Å². The summed E-state index contributed by atoms with van der Waals surface area (Å²) in [5, 5.41) is 11.5. The van der Waals surface area contributed by atoms with Crippen molar-refractivity contribution >= 4 is 23.0 Å². The Balaban J connectivity index is 1.68. The van der Waals surface area contributed by atoms with Gasteiger partial charge in [-0.1, -0.05) is 12.1 Å². The van der Waals surface area contributed by atoms with E-state index in [0.717, 1.165) is 15.9 Å². The second-order valence-electron chi connectivity index (χ2n) is 6.23. The van der Waals surface area contributed by atoms with E-state index in [4.69, 9.17) is 5.11 Å². The number of alkyl halides is 3. The molecule has 1 aliphatic heterocycles. The van der Waals surface area contributed by atoms with E-state index in [9.17, 15) is 22.8 Å². The molecule has 7 nitrogen and oxygen atoms in total. The number of carbonyl (C=O) groups excluding carboxylic acids is 1. The van der Waals surface area contributed by atoms with Gasteiger partial charge in [0, 0.05) is 20.1 Å². The third kappa shape index (κ3) is 3.31. The predicted octanol–water partition coefficient (Wildman–Crippen LogP) is 1.98. The molecule has 0 aliphatic carbocycles. The van der Waals surface area contributed by atoms with E-state index >= 15 is 0 Å². The Morgan fingerprint density at radius 2 is 2.00 bits per heavy atom. The molecule has 140 valence electrons. The van der Waals surface area contributed by atoms with Crippen molar-refractivity contribution in [3.63, 3.8) is 0 Å². The molecular formula is C16H17F3N4O3. The van der Waals surface area contributed by atoms with Crippen LogP contribution in [0, 0.1) is 11.8 Å². The Labute approximate surface area is 146 Å². The summed E-state index contributed by atoms with van der Waals surface area (Å²) in [4.78, 5) is 28.5. The third-order valence-electron chi connectivity index (χ3n) is 4.62. The number of fused-ring (bicyclic) bond motifs is 1. The number of hydrogen-bond acceptors (Lipinski definition) is 3. The Bertz CT molecular complexity index is 849. The Morgan fingerprint density at radius 1 is 1.31 bits per heavy atom. The molecule has 0 spiro atoms. The van der Waals surface area contributed by atoms with Crippen LogP contribution in [0.25, 0.3) is 11.0 Å². The zero-order valence-electron chi connectivity index (χ0n) is 13.8. The fourth-order valence-electron chi connectivity index (χ4n) is 3.17. The molecule has 10 heteroatoms. The monoisotopic (exact) mass is 370 g/mol. The van der Waals surface area contributed by atoms with Gasteiger partial charge in [0.1, 0.15) is 5.82 Å². The van der Waals surface area contributed by atoms with Crippen molar-refractivity contribution in [2.24, 2.45) is 18.9 Å². The average molecular weight is 370 g/mol. The molecule has 1 aliphatic rings. The molecule has 2 heterocycles. The van der Waals surface area contributed by atoms with Gasteiger partial charge in [-0.25, -0.2) is 9.78 Å². The first-order valence-corrected chi connectivity index (χ1v) is 7.91. The quantitative estimate of drug-likeness (QED) is 0.865. The van der Waals surface area contributed by atoms with Crippen molar-refractivity contribution in [3.05, 3.63) is 30.1 Å². The first-order chi connectivity index (χ1) is 12.2. The van der Waals surface area contributed by atoms with Crippen LogP contribution in [0.15, 0.2) is 24.3 Å². The molecular weight excluding hydrogens is 353 g/mol. The maximum Gasteiger partial charge on any atom is 0.394 e. The normalized spacial score (nSPS) is 20.5.